The van der Waals surface area contributed by atoms with Gasteiger partial charge < -0.3 is 0 Å². The van der Waals surface area contributed by atoms with E-state index < -0.39 is 20.0 Å². The molecule has 0 radical (unpaired) electrons. The maximum atomic E-state index is 6.57. The first-order valence-corrected chi connectivity index (χ1v) is 13.5. The summed E-state index contributed by atoms with van der Waals surface area (Å²) in [4.78, 5) is 4.50. The zero-order chi connectivity index (χ0) is 18.4. The van der Waals surface area contributed by atoms with Crippen LogP contribution in [0.2, 0.25) is 0 Å². The number of hydrogen-bond donors (Lipinski definition) is 0. The minimum atomic E-state index is -4.25. The van der Waals surface area contributed by atoms with Crippen molar-refractivity contribution in [1.82, 2.24) is 9.80 Å². The number of hydrogen-bond acceptors (Lipinski definition) is 6. The normalized spacial score (nSPS) is 34.1. The van der Waals surface area contributed by atoms with Crippen LogP contribution in [0.1, 0.15) is 48.5 Å². The third kappa shape index (κ3) is 5.79. The van der Waals surface area contributed by atoms with E-state index >= 15 is 0 Å². The van der Waals surface area contributed by atoms with Crippen molar-refractivity contribution >= 4 is 20.0 Å². The van der Waals surface area contributed by atoms with Crippen LogP contribution in [-0.2, 0) is 12.3 Å². The molecule has 2 aliphatic rings. The number of likely N-dealkylation sites (N-methyl/N-ethyl adjacent to an activating group) is 2. The second-order valence-electron chi connectivity index (χ2n) is 9.38. The van der Waals surface area contributed by atoms with Crippen molar-refractivity contribution in [3.8, 4) is 0 Å². The van der Waals surface area contributed by atoms with Crippen molar-refractivity contribution in [2.24, 2.45) is 0 Å². The van der Waals surface area contributed by atoms with Gasteiger partial charge >= 0.3 is 154 Å². The predicted octanol–water partition coefficient (Wildman–Crippen LogP) is 2.10. The molecule has 24 heavy (non-hydrogen) atoms. The van der Waals surface area contributed by atoms with Crippen LogP contribution < -0.4 is 0 Å². The van der Waals surface area contributed by atoms with Gasteiger partial charge in [-0.05, 0) is 0 Å². The van der Waals surface area contributed by atoms with E-state index in [1.54, 1.807) is 0 Å². The summed E-state index contributed by atoms with van der Waals surface area (Å²) >= 11 is -4.25. The molecule has 7 heteroatoms. The molecule has 2 saturated heterocycles. The molecular formula is C17H36N2O4Sn. The van der Waals surface area contributed by atoms with Gasteiger partial charge in [0.15, 0.2) is 0 Å². The molecular weight excluding hydrogens is 415 g/mol. The third-order valence-electron chi connectivity index (χ3n) is 4.07. The summed E-state index contributed by atoms with van der Waals surface area (Å²) < 4.78 is 26.2. The van der Waals surface area contributed by atoms with Gasteiger partial charge in [0.1, 0.15) is 0 Å². The van der Waals surface area contributed by atoms with Crippen LogP contribution in [0.25, 0.3) is 0 Å². The average molecular weight is 451 g/mol. The summed E-state index contributed by atoms with van der Waals surface area (Å²) in [6.45, 7) is 18.0. The van der Waals surface area contributed by atoms with Gasteiger partial charge in [-0.15, -0.1) is 0 Å². The van der Waals surface area contributed by atoms with Crippen molar-refractivity contribution in [2.75, 3.05) is 40.3 Å². The Morgan fingerprint density at radius 2 is 1.12 bits per heavy atom. The molecule has 0 N–H and O–H groups in total. The molecule has 6 nitrogen and oxygen atoms in total. The number of rotatable bonds is 0. The zero-order valence-corrected chi connectivity index (χ0v) is 19.8. The molecule has 0 aliphatic carbocycles. The van der Waals surface area contributed by atoms with Gasteiger partial charge in [-0.3, -0.25) is 0 Å². The van der Waals surface area contributed by atoms with E-state index in [1.807, 2.05) is 0 Å². The topological polar surface area (TPSA) is 43.4 Å². The first-order valence-electron chi connectivity index (χ1n) is 8.87. The molecule has 0 saturated carbocycles. The summed E-state index contributed by atoms with van der Waals surface area (Å²) in [5, 5.41) is 0. The molecule has 1 atom stereocenters. The fraction of sp³-hybridized carbons (Fsp3) is 1.00. The molecule has 2 heterocycles. The van der Waals surface area contributed by atoms with Gasteiger partial charge in [-0.1, -0.05) is 0 Å². The molecule has 2 aliphatic heterocycles. The Balaban J connectivity index is 2.39. The summed E-state index contributed by atoms with van der Waals surface area (Å²) in [5.74, 6) is 0. The molecule has 2 rings (SSSR count). The van der Waals surface area contributed by atoms with E-state index in [0.29, 0.717) is 0 Å². The van der Waals surface area contributed by atoms with Crippen LogP contribution in [0.15, 0.2) is 0 Å². The van der Waals surface area contributed by atoms with E-state index in [1.165, 1.54) is 0 Å². The molecule has 2 fully saturated rings. The van der Waals surface area contributed by atoms with Gasteiger partial charge in [0, 0.05) is 0 Å². The van der Waals surface area contributed by atoms with Crippen LogP contribution in [0.5, 0.6) is 0 Å². The summed E-state index contributed by atoms with van der Waals surface area (Å²) in [6.07, 6.45) is 0.0191. The van der Waals surface area contributed by atoms with Gasteiger partial charge in [0.05, 0.1) is 0 Å². The monoisotopic (exact) mass is 452 g/mol. The molecule has 142 valence electrons. The Kier molecular flexibility index (Phi) is 6.03. The first kappa shape index (κ1) is 20.9. The molecule has 0 aromatic rings. The van der Waals surface area contributed by atoms with Crippen molar-refractivity contribution in [3.05, 3.63) is 0 Å². The molecule has 0 bridgehead atoms. The Morgan fingerprint density at radius 1 is 0.750 bits per heavy atom. The minimum absolute atomic E-state index is 0.0191. The average Bonchev–Trinajstić information content (AvgIpc) is 2.17. The van der Waals surface area contributed by atoms with Crippen LogP contribution in [0, 0.1) is 0 Å². The van der Waals surface area contributed by atoms with Gasteiger partial charge in [-0.2, -0.15) is 0 Å². The van der Waals surface area contributed by atoms with Gasteiger partial charge in [0.2, 0.25) is 0 Å². The van der Waals surface area contributed by atoms with E-state index in [9.17, 15) is 0 Å². The van der Waals surface area contributed by atoms with E-state index in [-0.39, 0.29) is 22.9 Å². The van der Waals surface area contributed by atoms with Crippen molar-refractivity contribution < 1.29 is 12.3 Å². The Hall–Kier alpha value is 0.559. The van der Waals surface area contributed by atoms with Crippen LogP contribution >= 0.6 is 0 Å². The van der Waals surface area contributed by atoms with Crippen LogP contribution in [0.4, 0.5) is 0 Å². The summed E-state index contributed by atoms with van der Waals surface area (Å²) in [6, 6.07) is 0. The second kappa shape index (κ2) is 6.94. The molecule has 0 aromatic carbocycles. The zero-order valence-electron chi connectivity index (χ0n) is 16.9. The molecule has 0 amide bonds. The fourth-order valence-corrected chi connectivity index (χ4v) is 12.8. The predicted molar refractivity (Wildman–Crippen MR) is 96.8 cm³/mol. The van der Waals surface area contributed by atoms with Crippen LogP contribution in [0.3, 0.4) is 0 Å². The maximum absolute atomic E-state index is 6.57. The Morgan fingerprint density at radius 3 is 1.54 bits per heavy atom. The Labute approximate surface area is 153 Å². The summed E-state index contributed by atoms with van der Waals surface area (Å²) in [7, 11) is 4.20. The quantitative estimate of drug-likeness (QED) is 0.526. The fourth-order valence-electron chi connectivity index (χ4n) is 4.04. The molecule has 0 aromatic heterocycles. The molecule has 1 unspecified atom stereocenters. The van der Waals surface area contributed by atoms with Gasteiger partial charge in [0.25, 0.3) is 0 Å². The van der Waals surface area contributed by atoms with Crippen molar-refractivity contribution in [2.45, 2.75) is 71.4 Å². The summed E-state index contributed by atoms with van der Waals surface area (Å²) in [5.41, 5.74) is -1.12. The third-order valence-corrected chi connectivity index (χ3v) is 12.9. The Bertz CT molecular complexity index is 419. The standard InChI is InChI=1S/C9H19NO2.C8H17NO2.Sn/c1-8(2,11)6-10(5)7-9(3,4)12;1-7(10)5-9(4)6-8(2,3)11;/h6-7H2,1-5H3;7H,5-6H2,1-4H3;/q2*-2;+4. The molecule has 1 spiro atoms. The SMILES string of the molecule is CC1CN(C)CC(C)(C)[O][Sn]2([O]1)[O]C(C)(C)CN(C)CC(C)(C)[O]2. The number of nitrogens with zero attached hydrogens (tertiary/aromatic N) is 2. The van der Waals surface area contributed by atoms with Gasteiger partial charge in [-0.25, -0.2) is 0 Å². The van der Waals surface area contributed by atoms with Crippen molar-refractivity contribution in [3.63, 3.8) is 0 Å². The van der Waals surface area contributed by atoms with Crippen LogP contribution in [-0.4, -0.2) is 93.0 Å². The second-order valence-corrected chi connectivity index (χ2v) is 14.7. The first-order chi connectivity index (χ1) is 10.7. The van der Waals surface area contributed by atoms with E-state index in [0.717, 1.165) is 26.2 Å². The van der Waals surface area contributed by atoms with Crippen molar-refractivity contribution in [1.29, 1.82) is 0 Å². The van der Waals surface area contributed by atoms with E-state index in [4.69, 9.17) is 12.3 Å². The van der Waals surface area contributed by atoms with E-state index in [2.05, 4.69) is 72.4 Å².